The van der Waals surface area contributed by atoms with Crippen molar-refractivity contribution in [3.05, 3.63) is 62.7 Å². The van der Waals surface area contributed by atoms with Gasteiger partial charge in [0.1, 0.15) is 0 Å². The zero-order valence-corrected chi connectivity index (χ0v) is 13.6. The van der Waals surface area contributed by atoms with E-state index in [1.165, 1.54) is 0 Å². The fraction of sp³-hybridized carbons (Fsp3) is 0. The van der Waals surface area contributed by atoms with Gasteiger partial charge in [-0.15, -0.1) is 0 Å². The molecule has 1 aromatic carbocycles. The van der Waals surface area contributed by atoms with Gasteiger partial charge in [0.05, 0.1) is 10.7 Å². The van der Waals surface area contributed by atoms with Crippen molar-refractivity contribution in [3.63, 3.8) is 0 Å². The highest BCUT2D eigenvalue weighted by Gasteiger charge is 2.05. The number of hydrogen-bond acceptors (Lipinski definition) is 5. The standard InChI is InChI=1S/C9H5Cl3N4.C4H4S/c10-5-3-1-2-4-6(5)13-9-15-7(11)14-8(12)16-9;1-2-4-5-3-1/h1-4H,(H,13,14,15,16);1-4H. The zero-order chi connectivity index (χ0) is 15.1. The maximum atomic E-state index is 5.95. The predicted octanol–water partition coefficient (Wildman–Crippen LogP) is 5.32. The zero-order valence-electron chi connectivity index (χ0n) is 10.5. The molecule has 0 aliphatic rings. The van der Waals surface area contributed by atoms with Crippen molar-refractivity contribution in [3.8, 4) is 0 Å². The molecular weight excluding hydrogens is 351 g/mol. The molecule has 0 unspecified atom stereocenters. The minimum Gasteiger partial charge on any atom is -0.323 e. The topological polar surface area (TPSA) is 50.7 Å². The van der Waals surface area contributed by atoms with Crippen molar-refractivity contribution in [1.29, 1.82) is 0 Å². The Morgan fingerprint density at radius 1 is 0.810 bits per heavy atom. The summed E-state index contributed by atoms with van der Waals surface area (Å²) in [7, 11) is 0. The Morgan fingerprint density at radius 2 is 1.43 bits per heavy atom. The Balaban J connectivity index is 0.000000272. The van der Waals surface area contributed by atoms with Gasteiger partial charge in [-0.3, -0.25) is 0 Å². The van der Waals surface area contributed by atoms with Crippen LogP contribution in [-0.2, 0) is 0 Å². The van der Waals surface area contributed by atoms with Gasteiger partial charge in [0, 0.05) is 0 Å². The van der Waals surface area contributed by atoms with Crippen LogP contribution in [0.2, 0.25) is 15.6 Å². The molecule has 0 aliphatic heterocycles. The van der Waals surface area contributed by atoms with Crippen LogP contribution in [0.15, 0.2) is 47.2 Å². The first-order valence-electron chi connectivity index (χ1n) is 5.71. The van der Waals surface area contributed by atoms with Gasteiger partial charge < -0.3 is 5.32 Å². The van der Waals surface area contributed by atoms with E-state index >= 15 is 0 Å². The molecule has 0 aliphatic carbocycles. The highest BCUT2D eigenvalue weighted by Crippen LogP contribution is 2.23. The number of rotatable bonds is 2. The normalized spacial score (nSPS) is 9.67. The molecule has 3 aromatic rings. The molecule has 2 heterocycles. The summed E-state index contributed by atoms with van der Waals surface area (Å²) >= 11 is 18.9. The van der Waals surface area contributed by atoms with Crippen LogP contribution in [0.4, 0.5) is 11.6 Å². The lowest BCUT2D eigenvalue weighted by Crippen LogP contribution is -1.99. The fourth-order valence-corrected chi connectivity index (χ4v) is 2.29. The second kappa shape index (κ2) is 8.14. The number of anilines is 2. The first-order valence-corrected chi connectivity index (χ1v) is 7.78. The maximum Gasteiger partial charge on any atom is 0.232 e. The molecule has 0 radical (unpaired) electrons. The van der Waals surface area contributed by atoms with Crippen molar-refractivity contribution >= 4 is 57.8 Å². The van der Waals surface area contributed by atoms with Crippen molar-refractivity contribution in [1.82, 2.24) is 15.0 Å². The molecule has 8 heteroatoms. The van der Waals surface area contributed by atoms with E-state index in [1.807, 2.05) is 35.0 Å². The first-order chi connectivity index (χ1) is 10.1. The second-order valence-electron chi connectivity index (χ2n) is 3.60. The Bertz CT molecular complexity index is 654. The quantitative estimate of drug-likeness (QED) is 0.672. The third kappa shape index (κ3) is 5.47. The Morgan fingerprint density at radius 3 is 1.95 bits per heavy atom. The number of aromatic nitrogens is 3. The highest BCUT2D eigenvalue weighted by atomic mass is 35.5. The average Bonchev–Trinajstić information content (AvgIpc) is 2.99. The van der Waals surface area contributed by atoms with E-state index in [-0.39, 0.29) is 16.5 Å². The number of nitrogens with zero attached hydrogens (tertiary/aromatic N) is 3. The molecule has 0 saturated heterocycles. The van der Waals surface area contributed by atoms with Gasteiger partial charge in [-0.25, -0.2) is 0 Å². The van der Waals surface area contributed by atoms with Gasteiger partial charge >= 0.3 is 0 Å². The molecular formula is C13H9Cl3N4S. The first kappa shape index (κ1) is 16.0. The van der Waals surface area contributed by atoms with E-state index in [1.54, 1.807) is 23.5 Å². The average molecular weight is 360 g/mol. The number of para-hydroxylation sites is 1. The fourth-order valence-electron chi connectivity index (χ4n) is 1.29. The molecule has 0 amide bonds. The number of benzene rings is 1. The molecule has 108 valence electrons. The van der Waals surface area contributed by atoms with E-state index in [4.69, 9.17) is 34.8 Å². The number of thiophene rings is 1. The number of nitrogens with one attached hydrogen (secondary N) is 1. The smallest absolute Gasteiger partial charge is 0.232 e. The molecule has 0 saturated carbocycles. The monoisotopic (exact) mass is 358 g/mol. The molecule has 4 nitrogen and oxygen atoms in total. The highest BCUT2D eigenvalue weighted by molar-refractivity contribution is 7.07. The van der Waals surface area contributed by atoms with E-state index in [0.29, 0.717) is 10.7 Å². The molecule has 0 spiro atoms. The van der Waals surface area contributed by atoms with Crippen molar-refractivity contribution in [2.75, 3.05) is 5.32 Å². The van der Waals surface area contributed by atoms with Crippen LogP contribution in [0, 0.1) is 0 Å². The maximum absolute atomic E-state index is 5.95. The molecule has 21 heavy (non-hydrogen) atoms. The van der Waals surface area contributed by atoms with Crippen molar-refractivity contribution < 1.29 is 0 Å². The van der Waals surface area contributed by atoms with Gasteiger partial charge in [0.25, 0.3) is 0 Å². The van der Waals surface area contributed by atoms with Crippen molar-refractivity contribution in [2.24, 2.45) is 0 Å². The number of hydrogen-bond donors (Lipinski definition) is 1. The largest absolute Gasteiger partial charge is 0.323 e. The summed E-state index contributed by atoms with van der Waals surface area (Å²) < 4.78 is 0. The van der Waals surface area contributed by atoms with E-state index in [9.17, 15) is 0 Å². The summed E-state index contributed by atoms with van der Waals surface area (Å²) in [5.41, 5.74) is 0.669. The van der Waals surface area contributed by atoms with E-state index in [0.717, 1.165) is 0 Å². The summed E-state index contributed by atoms with van der Waals surface area (Å²) in [5, 5.41) is 7.57. The Hall–Kier alpha value is -1.40. The summed E-state index contributed by atoms with van der Waals surface area (Å²) in [5.74, 6) is 0.248. The van der Waals surface area contributed by atoms with Gasteiger partial charge in [0.15, 0.2) is 0 Å². The lowest BCUT2D eigenvalue weighted by Gasteiger charge is -2.06. The van der Waals surface area contributed by atoms with Gasteiger partial charge in [-0.2, -0.15) is 26.3 Å². The lowest BCUT2D eigenvalue weighted by molar-refractivity contribution is 1.05. The minimum atomic E-state index is 0.0227. The number of halogens is 3. The summed E-state index contributed by atoms with van der Waals surface area (Å²) in [4.78, 5) is 11.4. The SMILES string of the molecule is Clc1nc(Cl)nc(Nc2ccccc2Cl)n1.c1ccsc1. The molecule has 3 rings (SSSR count). The van der Waals surface area contributed by atoms with Crippen LogP contribution in [0.5, 0.6) is 0 Å². The third-order valence-electron chi connectivity index (χ3n) is 2.13. The van der Waals surface area contributed by atoms with E-state index in [2.05, 4.69) is 20.3 Å². The third-order valence-corrected chi connectivity index (χ3v) is 3.42. The van der Waals surface area contributed by atoms with Crippen LogP contribution in [-0.4, -0.2) is 15.0 Å². The summed E-state index contributed by atoms with van der Waals surface area (Å²) in [6.45, 7) is 0. The predicted molar refractivity (Wildman–Crippen MR) is 88.9 cm³/mol. The van der Waals surface area contributed by atoms with Gasteiger partial charge in [-0.1, -0.05) is 35.9 Å². The molecule has 0 fully saturated rings. The van der Waals surface area contributed by atoms with Crippen LogP contribution in [0.25, 0.3) is 0 Å². The van der Waals surface area contributed by atoms with Crippen LogP contribution in [0.3, 0.4) is 0 Å². The van der Waals surface area contributed by atoms with E-state index < -0.39 is 0 Å². The Kier molecular flexibility index (Phi) is 6.20. The van der Waals surface area contributed by atoms with Crippen LogP contribution < -0.4 is 5.32 Å². The molecule has 1 N–H and O–H groups in total. The van der Waals surface area contributed by atoms with Gasteiger partial charge in [0.2, 0.25) is 16.5 Å². The molecule has 0 bridgehead atoms. The summed E-state index contributed by atoms with van der Waals surface area (Å²) in [6.07, 6.45) is 0. The lowest BCUT2D eigenvalue weighted by atomic mass is 10.3. The molecule has 0 atom stereocenters. The second-order valence-corrected chi connectivity index (χ2v) is 5.49. The van der Waals surface area contributed by atoms with Crippen LogP contribution >= 0.6 is 46.1 Å². The van der Waals surface area contributed by atoms with Gasteiger partial charge in [-0.05, 0) is 46.1 Å². The van der Waals surface area contributed by atoms with Crippen LogP contribution in [0.1, 0.15) is 0 Å². The summed E-state index contributed by atoms with van der Waals surface area (Å²) in [6, 6.07) is 11.2. The molecule has 2 aromatic heterocycles. The Labute approximate surface area is 140 Å². The van der Waals surface area contributed by atoms with Crippen molar-refractivity contribution in [2.45, 2.75) is 0 Å². The minimum absolute atomic E-state index is 0.0227.